The first-order valence-corrected chi connectivity index (χ1v) is 11.4. The number of benzene rings is 2. The number of hydrogen-bond donors (Lipinski definition) is 2. The lowest BCUT2D eigenvalue weighted by atomic mass is 9.36. The van der Waals surface area contributed by atoms with Gasteiger partial charge in [-0.3, -0.25) is 24.5 Å². The smallest absolute Gasteiger partial charge is 0.346 e. The summed E-state index contributed by atoms with van der Waals surface area (Å²) >= 11 is 5.73. The Labute approximate surface area is 208 Å². The van der Waals surface area contributed by atoms with Crippen molar-refractivity contribution in [2.75, 3.05) is 0 Å². The summed E-state index contributed by atoms with van der Waals surface area (Å²) in [5.74, 6) is -6.51. The van der Waals surface area contributed by atoms with Crippen LogP contribution in [-0.2, 0) is 33.4 Å². The van der Waals surface area contributed by atoms with Gasteiger partial charge in [-0.2, -0.15) is 8.78 Å². The van der Waals surface area contributed by atoms with Crippen molar-refractivity contribution in [2.24, 2.45) is 0 Å². The van der Waals surface area contributed by atoms with E-state index in [9.17, 15) is 28.0 Å². The summed E-state index contributed by atoms with van der Waals surface area (Å²) in [7, 11) is 5.17. The van der Waals surface area contributed by atoms with Crippen molar-refractivity contribution >= 4 is 58.8 Å². The van der Waals surface area contributed by atoms with Crippen LogP contribution in [0, 0.1) is 0 Å². The number of nitrogens with one attached hydrogen (secondary N) is 2. The molecule has 0 spiro atoms. The van der Waals surface area contributed by atoms with Crippen LogP contribution in [-0.4, -0.2) is 57.5 Å². The Morgan fingerprint density at radius 1 is 1.11 bits per heavy atom. The van der Waals surface area contributed by atoms with Gasteiger partial charge in [0.15, 0.2) is 0 Å². The number of piperidine rings is 1. The zero-order valence-electron chi connectivity index (χ0n) is 19.4. The van der Waals surface area contributed by atoms with Crippen LogP contribution in [0.3, 0.4) is 0 Å². The highest BCUT2D eigenvalue weighted by atomic mass is 35.5. The topological polar surface area (TPSA) is 95.6 Å². The maximum atomic E-state index is 14.5. The van der Waals surface area contributed by atoms with Gasteiger partial charge in [-0.15, -0.1) is 0 Å². The molecule has 178 valence electrons. The van der Waals surface area contributed by atoms with Crippen molar-refractivity contribution in [3.63, 3.8) is 0 Å². The number of fused-ring (bicyclic) bond motifs is 1. The number of halogens is 3. The number of carbonyl (C=O) groups excluding carboxylic acids is 4. The van der Waals surface area contributed by atoms with Gasteiger partial charge < -0.3 is 10.2 Å². The molecule has 1 saturated heterocycles. The van der Waals surface area contributed by atoms with Gasteiger partial charge in [0.2, 0.25) is 11.8 Å². The van der Waals surface area contributed by atoms with E-state index in [1.54, 1.807) is 41.7 Å². The van der Waals surface area contributed by atoms with Crippen LogP contribution in [0.15, 0.2) is 42.5 Å². The van der Waals surface area contributed by atoms with Gasteiger partial charge in [0.1, 0.15) is 23.5 Å². The van der Waals surface area contributed by atoms with Crippen LogP contribution in [0.25, 0.3) is 0 Å². The molecule has 0 aromatic heterocycles. The maximum absolute atomic E-state index is 14.5. The Bertz CT molecular complexity index is 1260. The van der Waals surface area contributed by atoms with Crippen molar-refractivity contribution in [3.05, 3.63) is 69.7 Å². The second-order valence-corrected chi connectivity index (χ2v) is 10.1. The molecule has 0 bridgehead atoms. The Morgan fingerprint density at radius 3 is 2.40 bits per heavy atom. The third kappa shape index (κ3) is 4.13. The van der Waals surface area contributed by atoms with Gasteiger partial charge in [0.05, 0.1) is 5.44 Å². The van der Waals surface area contributed by atoms with E-state index < -0.39 is 39.9 Å². The summed E-state index contributed by atoms with van der Waals surface area (Å²) in [6.45, 7) is -0.0698. The van der Waals surface area contributed by atoms with Crippen LogP contribution in [0.2, 0.25) is 10.2 Å². The van der Waals surface area contributed by atoms with Gasteiger partial charge in [0.25, 0.3) is 11.8 Å². The fraction of sp³-hybridized carbons (Fsp3) is 0.273. The molecular weight excluding hydrogens is 476 g/mol. The van der Waals surface area contributed by atoms with E-state index in [4.69, 9.17) is 11.6 Å². The highest BCUT2D eigenvalue weighted by Crippen LogP contribution is 2.44. The fourth-order valence-corrected chi connectivity index (χ4v) is 4.72. The Hall–Kier alpha value is -3.14. The molecule has 0 radical (unpaired) electrons. The second kappa shape index (κ2) is 8.51. The van der Waals surface area contributed by atoms with Gasteiger partial charge in [-0.1, -0.05) is 41.1 Å². The molecule has 2 N–H and O–H groups in total. The summed E-state index contributed by atoms with van der Waals surface area (Å²) in [5, 5.41) is 4.03. The van der Waals surface area contributed by atoms with Crippen LogP contribution in [0.1, 0.15) is 33.5 Å². The molecule has 1 atom stereocenters. The largest absolute Gasteiger partial charge is 0.349 e. The predicted molar refractivity (Wildman–Crippen MR) is 132 cm³/mol. The van der Waals surface area contributed by atoms with Crippen molar-refractivity contribution < 1.29 is 28.0 Å². The molecule has 2 aliphatic heterocycles. The number of imide groups is 1. The minimum Gasteiger partial charge on any atom is -0.346 e. The highest BCUT2D eigenvalue weighted by Gasteiger charge is 2.57. The van der Waals surface area contributed by atoms with Gasteiger partial charge in [0, 0.05) is 35.7 Å². The number of alkyl halides is 2. The van der Waals surface area contributed by atoms with Crippen LogP contribution in [0.4, 0.5) is 8.78 Å². The molecule has 2 heterocycles. The molecule has 0 unspecified atom stereocenters. The quantitative estimate of drug-likeness (QED) is 0.429. The molecular formula is C22H21B3ClF2N3O4. The molecule has 2 aliphatic rings. The van der Waals surface area contributed by atoms with E-state index in [1.807, 2.05) is 0 Å². The van der Waals surface area contributed by atoms with Crippen LogP contribution in [0.5, 0.6) is 0 Å². The summed E-state index contributed by atoms with van der Waals surface area (Å²) < 4.78 is 29.0. The molecule has 35 heavy (non-hydrogen) atoms. The zero-order valence-corrected chi connectivity index (χ0v) is 20.1. The second-order valence-electron chi connectivity index (χ2n) is 9.66. The Balaban J connectivity index is 1.51. The molecule has 7 nitrogen and oxygen atoms in total. The summed E-state index contributed by atoms with van der Waals surface area (Å²) in [4.78, 5) is 51.6. The molecule has 2 aromatic carbocycles. The van der Waals surface area contributed by atoms with E-state index >= 15 is 0 Å². The molecule has 0 aliphatic carbocycles. The standard InChI is InChI=1S/C22H21B3ClF2N3O4/c23-20(24)8-16(32)30-19(35)22(20,25)31-10-12-7-11(1-6-15(12)17(31)33)9-29-18(34)21(27,28)13-2-4-14(26)5-3-13/h1-7H,8-10,23-25H2,(H,29,34)(H,30,32,35)/t22-/m0/s1. The average Bonchev–Trinajstić information content (AvgIpc) is 3.11. The molecule has 0 saturated carbocycles. The van der Waals surface area contributed by atoms with E-state index in [1.165, 1.54) is 17.0 Å². The van der Waals surface area contributed by atoms with Crippen LogP contribution >= 0.6 is 11.6 Å². The number of carbonyl (C=O) groups is 4. The third-order valence-corrected chi connectivity index (χ3v) is 7.33. The normalized spacial score (nSPS) is 21.5. The predicted octanol–water partition coefficient (Wildman–Crippen LogP) is -0.538. The van der Waals surface area contributed by atoms with Crippen molar-refractivity contribution in [1.29, 1.82) is 0 Å². The number of amides is 4. The first-order chi connectivity index (χ1) is 16.3. The molecule has 13 heteroatoms. The van der Waals surface area contributed by atoms with E-state index in [2.05, 4.69) is 10.6 Å². The van der Waals surface area contributed by atoms with Crippen molar-refractivity contribution in [1.82, 2.24) is 15.5 Å². The lowest BCUT2D eigenvalue weighted by Crippen LogP contribution is -2.70. The van der Waals surface area contributed by atoms with Gasteiger partial charge >= 0.3 is 5.92 Å². The molecule has 4 amide bonds. The van der Waals surface area contributed by atoms with E-state index in [0.717, 1.165) is 12.1 Å². The lowest BCUT2D eigenvalue weighted by molar-refractivity contribution is -0.147. The molecule has 2 aromatic rings. The third-order valence-electron chi connectivity index (χ3n) is 7.07. The van der Waals surface area contributed by atoms with E-state index in [-0.39, 0.29) is 30.4 Å². The van der Waals surface area contributed by atoms with Crippen molar-refractivity contribution in [3.8, 4) is 0 Å². The van der Waals surface area contributed by atoms with Crippen molar-refractivity contribution in [2.45, 2.75) is 36.1 Å². The lowest BCUT2D eigenvalue weighted by Gasteiger charge is -2.51. The SMILES string of the molecule is BC1(B)CC(=O)NC(=O)[C@]1(B)N1Cc2cc(CNC(=O)C(F)(F)c3ccc(Cl)cc3)ccc2C1=O. The Morgan fingerprint density at radius 2 is 1.77 bits per heavy atom. The fourth-order valence-electron chi connectivity index (χ4n) is 4.59. The first kappa shape index (κ1) is 25.0. The van der Waals surface area contributed by atoms with E-state index in [0.29, 0.717) is 16.7 Å². The monoisotopic (exact) mass is 497 g/mol. The molecule has 4 rings (SSSR count). The zero-order chi connectivity index (χ0) is 25.8. The van der Waals surface area contributed by atoms with Gasteiger partial charge in [-0.25, -0.2) is 0 Å². The summed E-state index contributed by atoms with van der Waals surface area (Å²) in [6, 6.07) is 9.52. The average molecular weight is 497 g/mol. The maximum Gasteiger partial charge on any atom is 0.349 e. The van der Waals surface area contributed by atoms with Gasteiger partial charge in [-0.05, 0) is 29.3 Å². The highest BCUT2D eigenvalue weighted by molar-refractivity contribution is 6.52. The number of nitrogens with zero attached hydrogens (tertiary/aromatic N) is 1. The minimum absolute atomic E-state index is 0.0779. The molecule has 1 fully saturated rings. The number of hydrogen-bond acceptors (Lipinski definition) is 4. The minimum atomic E-state index is -3.75. The Kier molecular flexibility index (Phi) is 6.07. The number of rotatable bonds is 5. The summed E-state index contributed by atoms with van der Waals surface area (Å²) in [6.07, 6.45) is 0.0779. The first-order valence-electron chi connectivity index (χ1n) is 11.0. The summed E-state index contributed by atoms with van der Waals surface area (Å²) in [5.41, 5.74) is -0.242. The van der Waals surface area contributed by atoms with Crippen LogP contribution < -0.4 is 10.6 Å².